The van der Waals surface area contributed by atoms with E-state index in [0.29, 0.717) is 18.0 Å². The van der Waals surface area contributed by atoms with Gasteiger partial charge < -0.3 is 14.2 Å². The van der Waals surface area contributed by atoms with Gasteiger partial charge in [0.05, 0.1) is 18.4 Å². The second kappa shape index (κ2) is 10.3. The first kappa shape index (κ1) is 25.5. The molecule has 2 aromatic carbocycles. The number of hydrogen-bond donors (Lipinski definition) is 2. The van der Waals surface area contributed by atoms with Gasteiger partial charge in [-0.25, -0.2) is 5.43 Å². The first-order valence-corrected chi connectivity index (χ1v) is 13.1. The number of benzene rings is 2. The number of hydrazone groups is 1. The number of fused-ring (bicyclic) bond motifs is 2. The van der Waals surface area contributed by atoms with Crippen LogP contribution in [0, 0.1) is 20.8 Å². The van der Waals surface area contributed by atoms with Gasteiger partial charge in [-0.3, -0.25) is 9.59 Å². The number of furan rings is 2. The van der Waals surface area contributed by atoms with Gasteiger partial charge in [-0.15, -0.1) is 0 Å². The normalized spacial score (nSPS) is 14.2. The fourth-order valence-corrected chi connectivity index (χ4v) is 5.00. The van der Waals surface area contributed by atoms with Crippen molar-refractivity contribution in [3.63, 3.8) is 0 Å². The Hall–Kier alpha value is -4.13. The van der Waals surface area contributed by atoms with Gasteiger partial charge >= 0.3 is 0 Å². The third-order valence-corrected chi connectivity index (χ3v) is 7.38. The van der Waals surface area contributed by atoms with E-state index in [1.54, 1.807) is 6.26 Å². The van der Waals surface area contributed by atoms with Crippen LogP contribution in [0.5, 0.6) is 0 Å². The minimum Gasteiger partial charge on any atom is -0.464 e. The fraction of sp³-hybridized carbons (Fsp3) is 0.323. The molecule has 1 aliphatic rings. The molecular weight excluding hydrogens is 478 g/mol. The Morgan fingerprint density at radius 3 is 2.50 bits per heavy atom. The first-order valence-electron chi connectivity index (χ1n) is 13.1. The summed E-state index contributed by atoms with van der Waals surface area (Å²) in [6.45, 7) is 10.2. The van der Waals surface area contributed by atoms with E-state index < -0.39 is 0 Å². The molecule has 2 aromatic heterocycles. The Morgan fingerprint density at radius 2 is 1.76 bits per heavy atom. The zero-order valence-electron chi connectivity index (χ0n) is 22.5. The Kier molecular flexibility index (Phi) is 6.93. The highest BCUT2D eigenvalue weighted by Gasteiger charge is 2.28. The van der Waals surface area contributed by atoms with Crippen molar-refractivity contribution in [1.82, 2.24) is 5.43 Å². The zero-order valence-corrected chi connectivity index (χ0v) is 22.5. The van der Waals surface area contributed by atoms with E-state index in [0.717, 1.165) is 63.1 Å². The van der Waals surface area contributed by atoms with E-state index >= 15 is 0 Å². The van der Waals surface area contributed by atoms with Crippen LogP contribution in [0.2, 0.25) is 0 Å². The molecule has 2 amide bonds. The van der Waals surface area contributed by atoms with Gasteiger partial charge in [-0.2, -0.15) is 5.10 Å². The van der Waals surface area contributed by atoms with Crippen molar-refractivity contribution >= 4 is 34.2 Å². The molecule has 4 aromatic rings. The predicted molar refractivity (Wildman–Crippen MR) is 149 cm³/mol. The molecule has 0 aliphatic heterocycles. The molecule has 2 N–H and O–H groups in total. The minimum atomic E-state index is -0.296. The van der Waals surface area contributed by atoms with Crippen LogP contribution in [0.1, 0.15) is 82.3 Å². The number of hydrogen-bond acceptors (Lipinski definition) is 5. The summed E-state index contributed by atoms with van der Waals surface area (Å²) in [7, 11) is 0. The lowest BCUT2D eigenvalue weighted by molar-refractivity contribution is -0.120. The second-order valence-electron chi connectivity index (χ2n) is 10.4. The van der Waals surface area contributed by atoms with E-state index in [-0.39, 0.29) is 24.0 Å². The molecule has 0 radical (unpaired) electrons. The van der Waals surface area contributed by atoms with Gasteiger partial charge in [0.2, 0.25) is 5.91 Å². The lowest BCUT2D eigenvalue weighted by Gasteiger charge is -2.13. The summed E-state index contributed by atoms with van der Waals surface area (Å²) in [5.74, 6) is 0.905. The van der Waals surface area contributed by atoms with Crippen LogP contribution in [0.4, 0.5) is 5.69 Å². The Labute approximate surface area is 222 Å². The molecular formula is C31H33N3O4. The molecule has 1 aliphatic carbocycles. The average molecular weight is 512 g/mol. The van der Waals surface area contributed by atoms with Gasteiger partial charge in [0.25, 0.3) is 5.91 Å². The third kappa shape index (κ3) is 4.88. The number of nitrogens with zero attached hydrogens (tertiary/aromatic N) is 1. The highest BCUT2D eigenvalue weighted by molar-refractivity contribution is 6.09. The second-order valence-corrected chi connectivity index (χ2v) is 10.4. The summed E-state index contributed by atoms with van der Waals surface area (Å²) >= 11 is 0. The quantitative estimate of drug-likeness (QED) is 0.281. The van der Waals surface area contributed by atoms with Gasteiger partial charge in [0, 0.05) is 34.2 Å². The molecule has 0 saturated heterocycles. The number of anilines is 1. The van der Waals surface area contributed by atoms with E-state index in [1.807, 2.05) is 57.2 Å². The molecule has 0 fully saturated rings. The number of rotatable bonds is 6. The van der Waals surface area contributed by atoms with Crippen molar-refractivity contribution in [3.8, 4) is 0 Å². The number of nitrogens with one attached hydrogen (secondary N) is 2. The van der Waals surface area contributed by atoms with Crippen molar-refractivity contribution in [3.05, 3.63) is 87.6 Å². The third-order valence-electron chi connectivity index (χ3n) is 7.38. The van der Waals surface area contributed by atoms with Crippen LogP contribution in [0.25, 0.3) is 11.0 Å². The molecule has 5 rings (SSSR count). The van der Waals surface area contributed by atoms with Crippen molar-refractivity contribution in [2.75, 3.05) is 5.32 Å². The Balaban J connectivity index is 1.31. The van der Waals surface area contributed by atoms with E-state index in [1.165, 1.54) is 5.56 Å². The van der Waals surface area contributed by atoms with E-state index in [9.17, 15) is 9.59 Å². The van der Waals surface area contributed by atoms with Gasteiger partial charge in [-0.1, -0.05) is 38.1 Å². The summed E-state index contributed by atoms with van der Waals surface area (Å²) in [5.41, 5.74) is 10.8. The van der Waals surface area contributed by atoms with Gasteiger partial charge in [-0.05, 0) is 68.4 Å². The SMILES string of the molecule is Cc1ccc2c(CC(=O)N/N=C3\CCCc4oc(C(=O)Nc5ccc(C(C)C)cc5)c(C)c43)coc2c1C. The maximum Gasteiger partial charge on any atom is 0.291 e. The number of amides is 2. The Bertz CT molecular complexity index is 1550. The first-order chi connectivity index (χ1) is 18.2. The van der Waals surface area contributed by atoms with Gasteiger partial charge in [0.1, 0.15) is 11.3 Å². The number of carbonyl (C=O) groups is 2. The summed E-state index contributed by atoms with van der Waals surface area (Å²) in [6, 6.07) is 11.9. The van der Waals surface area contributed by atoms with Crippen LogP contribution in [0.3, 0.4) is 0 Å². The Morgan fingerprint density at radius 1 is 1.00 bits per heavy atom. The minimum absolute atomic E-state index is 0.159. The molecule has 0 saturated carbocycles. The molecule has 2 heterocycles. The highest BCUT2D eigenvalue weighted by Crippen LogP contribution is 2.31. The number of carbonyl (C=O) groups excluding carboxylic acids is 2. The summed E-state index contributed by atoms with van der Waals surface area (Å²) in [6.07, 6.45) is 4.05. The van der Waals surface area contributed by atoms with Crippen LogP contribution >= 0.6 is 0 Å². The van der Waals surface area contributed by atoms with Crippen LogP contribution in [-0.2, 0) is 17.6 Å². The lowest BCUT2D eigenvalue weighted by Crippen LogP contribution is -2.23. The molecule has 0 spiro atoms. The molecule has 196 valence electrons. The molecule has 0 bridgehead atoms. The average Bonchev–Trinajstić information content (AvgIpc) is 3.46. The molecule has 0 unspecified atom stereocenters. The highest BCUT2D eigenvalue weighted by atomic mass is 16.4. The lowest BCUT2D eigenvalue weighted by atomic mass is 9.93. The smallest absolute Gasteiger partial charge is 0.291 e. The van der Waals surface area contributed by atoms with Gasteiger partial charge in [0.15, 0.2) is 5.76 Å². The largest absolute Gasteiger partial charge is 0.464 e. The summed E-state index contributed by atoms with van der Waals surface area (Å²) < 4.78 is 11.7. The zero-order chi connectivity index (χ0) is 27.0. The molecule has 0 atom stereocenters. The van der Waals surface area contributed by atoms with Crippen LogP contribution < -0.4 is 10.7 Å². The predicted octanol–water partition coefficient (Wildman–Crippen LogP) is 6.73. The van der Waals surface area contributed by atoms with Crippen LogP contribution in [0.15, 0.2) is 56.6 Å². The topological polar surface area (TPSA) is 96.8 Å². The maximum absolute atomic E-state index is 13.1. The molecule has 7 nitrogen and oxygen atoms in total. The summed E-state index contributed by atoms with van der Waals surface area (Å²) in [5, 5.41) is 8.33. The monoisotopic (exact) mass is 511 g/mol. The van der Waals surface area contributed by atoms with Crippen molar-refractivity contribution in [2.24, 2.45) is 5.10 Å². The fourth-order valence-electron chi connectivity index (χ4n) is 5.00. The molecule has 38 heavy (non-hydrogen) atoms. The van der Waals surface area contributed by atoms with Crippen molar-refractivity contribution in [2.45, 2.75) is 66.2 Å². The summed E-state index contributed by atoms with van der Waals surface area (Å²) in [4.78, 5) is 25.8. The van der Waals surface area contributed by atoms with E-state index in [4.69, 9.17) is 8.83 Å². The van der Waals surface area contributed by atoms with E-state index in [2.05, 4.69) is 29.7 Å². The number of aryl methyl sites for hydroxylation is 3. The van der Waals surface area contributed by atoms with Crippen LogP contribution in [-0.4, -0.2) is 17.5 Å². The standard InChI is InChI=1S/C31H33N3O4/c1-17(2)21-10-12-23(13-11-21)32-31(36)30-20(5)28-25(7-6-8-26(28)38-30)33-34-27(35)15-22-16-37-29-19(4)18(3)9-14-24(22)29/h9-14,16-17H,6-8,15H2,1-5H3,(H,32,36)(H,34,35)/b33-25+. The van der Waals surface area contributed by atoms with Crippen molar-refractivity contribution in [1.29, 1.82) is 0 Å². The molecule has 7 heteroatoms. The van der Waals surface area contributed by atoms with Crippen molar-refractivity contribution < 1.29 is 18.4 Å². The maximum atomic E-state index is 13.1.